The van der Waals surface area contributed by atoms with E-state index in [1.54, 1.807) is 0 Å². The summed E-state index contributed by atoms with van der Waals surface area (Å²) >= 11 is 11.4. The molecule has 0 unspecified atom stereocenters. The molecule has 108 valence electrons. The Morgan fingerprint density at radius 3 is 2.24 bits per heavy atom. The molecule has 0 saturated heterocycles. The number of amides is 1. The Morgan fingerprint density at radius 2 is 1.67 bits per heavy atom. The molecule has 0 aliphatic heterocycles. The van der Waals surface area contributed by atoms with Crippen LogP contribution in [0.3, 0.4) is 0 Å². The maximum atomic E-state index is 13.4. The maximum Gasteiger partial charge on any atom is 0.335 e. The topological polar surface area (TPSA) is 66.4 Å². The van der Waals surface area contributed by atoms with Crippen molar-refractivity contribution in [1.29, 1.82) is 0 Å². The van der Waals surface area contributed by atoms with Gasteiger partial charge in [-0.1, -0.05) is 23.2 Å². The predicted octanol–water partition coefficient (Wildman–Crippen LogP) is 4.08. The van der Waals surface area contributed by atoms with Crippen LogP contribution in [0.5, 0.6) is 0 Å². The maximum absolute atomic E-state index is 13.4. The van der Waals surface area contributed by atoms with E-state index in [1.807, 2.05) is 0 Å². The molecule has 0 bridgehead atoms. The average Bonchev–Trinajstić information content (AvgIpc) is 2.43. The van der Waals surface area contributed by atoms with Crippen LogP contribution in [0.15, 0.2) is 36.4 Å². The van der Waals surface area contributed by atoms with E-state index in [1.165, 1.54) is 24.3 Å². The summed E-state index contributed by atoms with van der Waals surface area (Å²) in [4.78, 5) is 22.7. The lowest BCUT2D eigenvalue weighted by Crippen LogP contribution is -2.13. The van der Waals surface area contributed by atoms with Gasteiger partial charge in [0.05, 0.1) is 21.2 Å². The molecule has 4 nitrogen and oxygen atoms in total. The lowest BCUT2D eigenvalue weighted by Gasteiger charge is -2.08. The first kappa shape index (κ1) is 15.3. The zero-order valence-corrected chi connectivity index (χ0v) is 11.9. The highest BCUT2D eigenvalue weighted by molar-refractivity contribution is 6.37. The first-order valence-electron chi connectivity index (χ1n) is 5.67. The number of anilines is 1. The molecule has 0 aliphatic carbocycles. The van der Waals surface area contributed by atoms with Crippen LogP contribution in [0.2, 0.25) is 10.0 Å². The Morgan fingerprint density at radius 1 is 1.05 bits per heavy atom. The van der Waals surface area contributed by atoms with E-state index in [4.69, 9.17) is 28.3 Å². The van der Waals surface area contributed by atoms with Crippen LogP contribution in [0, 0.1) is 5.82 Å². The Kier molecular flexibility index (Phi) is 4.45. The van der Waals surface area contributed by atoms with Gasteiger partial charge in [0.2, 0.25) is 0 Å². The van der Waals surface area contributed by atoms with Gasteiger partial charge in [-0.15, -0.1) is 0 Å². The van der Waals surface area contributed by atoms with Crippen LogP contribution in [0.25, 0.3) is 0 Å². The number of rotatable bonds is 3. The molecule has 2 N–H and O–H groups in total. The van der Waals surface area contributed by atoms with Crippen molar-refractivity contribution < 1.29 is 19.1 Å². The quantitative estimate of drug-likeness (QED) is 0.834. The van der Waals surface area contributed by atoms with Gasteiger partial charge < -0.3 is 10.4 Å². The van der Waals surface area contributed by atoms with Crippen LogP contribution in [0.1, 0.15) is 20.7 Å². The molecule has 0 saturated carbocycles. The molecule has 1 amide bonds. The second-order valence-electron chi connectivity index (χ2n) is 4.08. The van der Waals surface area contributed by atoms with Crippen molar-refractivity contribution in [3.8, 4) is 0 Å². The highest BCUT2D eigenvalue weighted by Crippen LogP contribution is 2.25. The first-order chi connectivity index (χ1) is 9.88. The third kappa shape index (κ3) is 3.51. The Balaban J connectivity index is 2.22. The summed E-state index contributed by atoms with van der Waals surface area (Å²) in [6, 6.07) is 7.58. The minimum absolute atomic E-state index is 0.0149. The van der Waals surface area contributed by atoms with E-state index >= 15 is 0 Å². The standard InChI is InChI=1S/C14H8Cl2FNO3/c15-10-6-11(16)12(17)5-9(10)13(19)18-8-3-1-7(2-4-8)14(20)21/h1-6H,(H,18,19)(H,20,21). The van der Waals surface area contributed by atoms with Crippen molar-refractivity contribution in [2.24, 2.45) is 0 Å². The molecule has 0 fully saturated rings. The fourth-order valence-corrected chi connectivity index (χ4v) is 2.06. The molecule has 21 heavy (non-hydrogen) atoms. The fraction of sp³-hybridized carbons (Fsp3) is 0. The second kappa shape index (κ2) is 6.11. The van der Waals surface area contributed by atoms with Crippen molar-refractivity contribution in [2.75, 3.05) is 5.32 Å². The van der Waals surface area contributed by atoms with Crippen LogP contribution in [-0.4, -0.2) is 17.0 Å². The molecule has 2 rings (SSSR count). The van der Waals surface area contributed by atoms with Gasteiger partial charge in [0.1, 0.15) is 5.82 Å². The summed E-state index contributed by atoms with van der Waals surface area (Å²) in [7, 11) is 0. The summed E-state index contributed by atoms with van der Waals surface area (Å²) < 4.78 is 13.4. The number of hydrogen-bond donors (Lipinski definition) is 2. The molecule has 7 heteroatoms. The van der Waals surface area contributed by atoms with Crippen molar-refractivity contribution in [2.45, 2.75) is 0 Å². The highest BCUT2D eigenvalue weighted by Gasteiger charge is 2.14. The van der Waals surface area contributed by atoms with E-state index in [-0.39, 0.29) is 21.2 Å². The van der Waals surface area contributed by atoms with Crippen LogP contribution < -0.4 is 5.32 Å². The van der Waals surface area contributed by atoms with Gasteiger partial charge in [0, 0.05) is 5.69 Å². The molecule has 2 aromatic carbocycles. The molecule has 0 aliphatic rings. The minimum Gasteiger partial charge on any atom is -0.478 e. The predicted molar refractivity (Wildman–Crippen MR) is 77.8 cm³/mol. The Bertz CT molecular complexity index is 717. The molecule has 0 atom stereocenters. The van der Waals surface area contributed by atoms with E-state index < -0.39 is 17.7 Å². The minimum atomic E-state index is -1.07. The van der Waals surface area contributed by atoms with E-state index in [0.29, 0.717) is 5.69 Å². The lowest BCUT2D eigenvalue weighted by molar-refractivity contribution is 0.0696. The summed E-state index contributed by atoms with van der Waals surface area (Å²) in [5.74, 6) is -2.46. The number of carboxylic acid groups (broad SMARTS) is 1. The number of halogens is 3. The molecular formula is C14H8Cl2FNO3. The van der Waals surface area contributed by atoms with Gasteiger partial charge >= 0.3 is 5.97 Å². The van der Waals surface area contributed by atoms with Crippen molar-refractivity contribution in [1.82, 2.24) is 0 Å². The molecule has 0 radical (unpaired) electrons. The number of carbonyl (C=O) groups excluding carboxylic acids is 1. The monoisotopic (exact) mass is 327 g/mol. The number of carboxylic acids is 1. The summed E-state index contributed by atoms with van der Waals surface area (Å²) in [6.07, 6.45) is 0. The van der Waals surface area contributed by atoms with Crippen LogP contribution in [0.4, 0.5) is 10.1 Å². The number of benzene rings is 2. The van der Waals surface area contributed by atoms with Gasteiger partial charge in [-0.3, -0.25) is 4.79 Å². The third-order valence-corrected chi connectivity index (χ3v) is 3.25. The van der Waals surface area contributed by atoms with Crippen molar-refractivity contribution in [3.63, 3.8) is 0 Å². The zero-order valence-electron chi connectivity index (χ0n) is 10.4. The molecule has 0 aromatic heterocycles. The smallest absolute Gasteiger partial charge is 0.335 e. The molecular weight excluding hydrogens is 320 g/mol. The average molecular weight is 328 g/mol. The van der Waals surface area contributed by atoms with Crippen molar-refractivity contribution in [3.05, 3.63) is 63.4 Å². The highest BCUT2D eigenvalue weighted by atomic mass is 35.5. The largest absolute Gasteiger partial charge is 0.478 e. The Hall–Kier alpha value is -2.11. The van der Waals surface area contributed by atoms with Crippen LogP contribution in [-0.2, 0) is 0 Å². The van der Waals surface area contributed by atoms with E-state index in [2.05, 4.69) is 5.32 Å². The lowest BCUT2D eigenvalue weighted by atomic mass is 10.1. The van der Waals surface area contributed by atoms with Gasteiger partial charge in [0.15, 0.2) is 0 Å². The number of aromatic carboxylic acids is 1. The van der Waals surface area contributed by atoms with Gasteiger partial charge in [-0.25, -0.2) is 9.18 Å². The summed E-state index contributed by atoms with van der Waals surface area (Å²) in [6.45, 7) is 0. The molecule has 0 heterocycles. The van der Waals surface area contributed by atoms with Crippen molar-refractivity contribution >= 4 is 40.8 Å². The van der Waals surface area contributed by atoms with E-state index in [0.717, 1.165) is 12.1 Å². The first-order valence-corrected chi connectivity index (χ1v) is 6.43. The normalized spacial score (nSPS) is 10.2. The zero-order chi connectivity index (χ0) is 15.6. The SMILES string of the molecule is O=C(O)c1ccc(NC(=O)c2cc(F)c(Cl)cc2Cl)cc1. The summed E-state index contributed by atoms with van der Waals surface area (Å²) in [5, 5.41) is 11.1. The van der Waals surface area contributed by atoms with Crippen LogP contribution >= 0.6 is 23.2 Å². The molecule has 0 spiro atoms. The van der Waals surface area contributed by atoms with Gasteiger partial charge in [-0.05, 0) is 36.4 Å². The van der Waals surface area contributed by atoms with E-state index in [9.17, 15) is 14.0 Å². The second-order valence-corrected chi connectivity index (χ2v) is 4.90. The fourth-order valence-electron chi connectivity index (χ4n) is 1.59. The number of hydrogen-bond acceptors (Lipinski definition) is 2. The number of nitrogens with one attached hydrogen (secondary N) is 1. The van der Waals surface area contributed by atoms with Gasteiger partial charge in [0.25, 0.3) is 5.91 Å². The molecule has 2 aromatic rings. The van der Waals surface area contributed by atoms with Gasteiger partial charge in [-0.2, -0.15) is 0 Å². The third-order valence-electron chi connectivity index (χ3n) is 2.64. The summed E-state index contributed by atoms with van der Waals surface area (Å²) in [5.41, 5.74) is 0.376. The Labute approximate surface area is 129 Å². The number of carbonyl (C=O) groups is 2.